The van der Waals surface area contributed by atoms with Crippen LogP contribution in [0.25, 0.3) is 0 Å². The number of fused-ring (bicyclic) bond motifs is 5. The molecule has 2 heterocycles. The number of allylic oxidation sites excluding steroid dienone is 2. The molecule has 0 spiro atoms. The lowest BCUT2D eigenvalue weighted by Gasteiger charge is -2.53. The van der Waals surface area contributed by atoms with Crippen LogP contribution in [0.5, 0.6) is 0 Å². The molecule has 0 aromatic heterocycles. The Morgan fingerprint density at radius 1 is 1.03 bits per heavy atom. The van der Waals surface area contributed by atoms with E-state index in [1.165, 1.54) is 11.6 Å². The van der Waals surface area contributed by atoms with E-state index in [4.69, 9.17) is 9.47 Å². The SMILES string of the molecule is CC1(C)OC(=O)C=CC2=CC3=C(CCC21)C1(C)CCC(C2CC4CC2OC(=O)C4(C)O)C1(C)CC3O. The Hall–Kier alpha value is -1.92. The summed E-state index contributed by atoms with van der Waals surface area (Å²) < 4.78 is 11.6. The van der Waals surface area contributed by atoms with Gasteiger partial charge < -0.3 is 19.7 Å². The zero-order valence-electron chi connectivity index (χ0n) is 22.2. The summed E-state index contributed by atoms with van der Waals surface area (Å²) in [6, 6.07) is 0. The molecule has 3 fully saturated rings. The Kier molecular flexibility index (Phi) is 5.13. The van der Waals surface area contributed by atoms with Crippen molar-refractivity contribution >= 4 is 11.9 Å². The predicted octanol–water partition coefficient (Wildman–Crippen LogP) is 4.40. The van der Waals surface area contributed by atoms with Crippen LogP contribution in [0.4, 0.5) is 0 Å². The number of aliphatic hydroxyl groups excluding tert-OH is 1. The summed E-state index contributed by atoms with van der Waals surface area (Å²) >= 11 is 0. The summed E-state index contributed by atoms with van der Waals surface area (Å²) in [6.45, 7) is 10.3. The van der Waals surface area contributed by atoms with Gasteiger partial charge >= 0.3 is 11.9 Å². The Balaban J connectivity index is 1.37. The first-order valence-corrected chi connectivity index (χ1v) is 13.8. The number of hydrogen-bond acceptors (Lipinski definition) is 6. The molecule has 2 aliphatic heterocycles. The van der Waals surface area contributed by atoms with Gasteiger partial charge in [-0.2, -0.15) is 0 Å². The lowest BCUT2D eigenvalue weighted by atomic mass is 9.52. The highest BCUT2D eigenvalue weighted by atomic mass is 16.6. The topological polar surface area (TPSA) is 93.1 Å². The second-order valence-electron chi connectivity index (χ2n) is 13.6. The number of ether oxygens (including phenoxy) is 2. The van der Waals surface area contributed by atoms with Gasteiger partial charge in [0.2, 0.25) is 0 Å². The highest BCUT2D eigenvalue weighted by Crippen LogP contribution is 2.70. The van der Waals surface area contributed by atoms with E-state index in [2.05, 4.69) is 19.9 Å². The van der Waals surface area contributed by atoms with Crippen LogP contribution in [0, 0.1) is 34.5 Å². The minimum Gasteiger partial charge on any atom is -0.460 e. The van der Waals surface area contributed by atoms with Crippen molar-refractivity contribution in [2.75, 3.05) is 0 Å². The maximum Gasteiger partial charge on any atom is 0.338 e. The van der Waals surface area contributed by atoms with Crippen LogP contribution in [0.1, 0.15) is 79.6 Å². The Morgan fingerprint density at radius 3 is 2.53 bits per heavy atom. The third-order valence-electron chi connectivity index (χ3n) is 11.6. The van der Waals surface area contributed by atoms with Crippen LogP contribution in [0.15, 0.2) is 34.9 Å². The quantitative estimate of drug-likeness (QED) is 0.523. The minimum absolute atomic E-state index is 0.0566. The van der Waals surface area contributed by atoms with Crippen molar-refractivity contribution in [1.29, 1.82) is 0 Å². The molecular weight excluding hydrogens is 456 g/mol. The molecule has 0 aromatic carbocycles. The fourth-order valence-corrected chi connectivity index (χ4v) is 9.30. The lowest BCUT2D eigenvalue weighted by molar-refractivity contribution is -0.184. The van der Waals surface area contributed by atoms with Gasteiger partial charge in [-0.1, -0.05) is 31.6 Å². The maximum atomic E-state index is 12.5. The number of carbonyl (C=O) groups is 2. The third-order valence-corrected chi connectivity index (χ3v) is 11.6. The first-order valence-electron chi connectivity index (χ1n) is 13.8. The molecule has 0 aromatic rings. The summed E-state index contributed by atoms with van der Waals surface area (Å²) in [6.07, 6.45) is 10.9. The molecule has 6 heteroatoms. The lowest BCUT2D eigenvalue weighted by Crippen LogP contribution is -2.49. The number of hydrogen-bond donors (Lipinski definition) is 2. The molecular formula is C30H40O6. The van der Waals surface area contributed by atoms with Crippen LogP contribution < -0.4 is 0 Å². The standard InChI is InChI=1S/C30H40O6/c1-27(2)20-7-8-21-18(12-16(20)6-9-25(32)36-27)23(31)15-29(4)22(10-11-28(21,29)3)19-13-17-14-24(19)35-26(33)30(17,5)34/h6,9,12,17,19-20,22-24,31,34H,7-8,10-11,13-15H2,1-5H3. The molecule has 2 N–H and O–H groups in total. The fourth-order valence-electron chi connectivity index (χ4n) is 9.30. The molecule has 6 rings (SSSR count). The van der Waals surface area contributed by atoms with E-state index in [0.29, 0.717) is 12.3 Å². The van der Waals surface area contributed by atoms with Crippen LogP contribution >= 0.6 is 0 Å². The largest absolute Gasteiger partial charge is 0.460 e. The predicted molar refractivity (Wildman–Crippen MR) is 133 cm³/mol. The van der Waals surface area contributed by atoms with Crippen molar-refractivity contribution in [1.82, 2.24) is 0 Å². The molecule has 1 saturated heterocycles. The fraction of sp³-hybridized carbons (Fsp3) is 0.733. The first kappa shape index (κ1) is 24.4. The molecule has 6 aliphatic rings. The van der Waals surface area contributed by atoms with Gasteiger partial charge in [0.15, 0.2) is 5.60 Å². The number of cyclic esters (lactones) is 1. The van der Waals surface area contributed by atoms with Gasteiger partial charge in [0.25, 0.3) is 0 Å². The van der Waals surface area contributed by atoms with Crippen molar-refractivity contribution in [2.24, 2.45) is 34.5 Å². The average Bonchev–Trinajstić information content (AvgIpc) is 3.14. The van der Waals surface area contributed by atoms with Gasteiger partial charge in [0.1, 0.15) is 11.7 Å². The molecule has 0 amide bonds. The number of aliphatic hydroxyl groups is 2. The van der Waals surface area contributed by atoms with Gasteiger partial charge in [-0.15, -0.1) is 0 Å². The molecule has 9 atom stereocenters. The molecule has 2 bridgehead atoms. The highest BCUT2D eigenvalue weighted by molar-refractivity contribution is 5.83. The molecule has 6 nitrogen and oxygen atoms in total. The molecule has 2 saturated carbocycles. The van der Waals surface area contributed by atoms with E-state index in [1.807, 2.05) is 19.9 Å². The van der Waals surface area contributed by atoms with Crippen LogP contribution in [0.3, 0.4) is 0 Å². The summed E-state index contributed by atoms with van der Waals surface area (Å²) in [5, 5.41) is 22.4. The number of rotatable bonds is 1. The smallest absolute Gasteiger partial charge is 0.338 e. The van der Waals surface area contributed by atoms with E-state index in [1.54, 1.807) is 6.92 Å². The Morgan fingerprint density at radius 2 is 1.78 bits per heavy atom. The second-order valence-corrected chi connectivity index (χ2v) is 13.6. The van der Waals surface area contributed by atoms with E-state index in [-0.39, 0.29) is 40.7 Å². The van der Waals surface area contributed by atoms with Gasteiger partial charge in [-0.25, -0.2) is 9.59 Å². The summed E-state index contributed by atoms with van der Waals surface area (Å²) in [5.41, 5.74) is 1.23. The van der Waals surface area contributed by atoms with Gasteiger partial charge in [0.05, 0.1) is 6.10 Å². The van der Waals surface area contributed by atoms with Crippen LogP contribution in [-0.4, -0.2) is 45.6 Å². The van der Waals surface area contributed by atoms with Gasteiger partial charge in [-0.3, -0.25) is 0 Å². The zero-order chi connectivity index (χ0) is 25.8. The monoisotopic (exact) mass is 496 g/mol. The van der Waals surface area contributed by atoms with E-state index in [9.17, 15) is 19.8 Å². The first-order chi connectivity index (χ1) is 16.8. The van der Waals surface area contributed by atoms with Gasteiger partial charge in [0, 0.05) is 17.9 Å². The second kappa shape index (κ2) is 7.57. The summed E-state index contributed by atoms with van der Waals surface area (Å²) in [4.78, 5) is 24.7. The zero-order valence-corrected chi connectivity index (χ0v) is 22.2. The van der Waals surface area contributed by atoms with Crippen LogP contribution in [-0.2, 0) is 19.1 Å². The third kappa shape index (κ3) is 3.16. The maximum absolute atomic E-state index is 12.5. The molecule has 4 aliphatic carbocycles. The summed E-state index contributed by atoms with van der Waals surface area (Å²) in [5.74, 6) is -0.241. The van der Waals surface area contributed by atoms with Crippen molar-refractivity contribution in [3.05, 3.63) is 34.9 Å². The average molecular weight is 497 g/mol. The summed E-state index contributed by atoms with van der Waals surface area (Å²) in [7, 11) is 0. The Bertz CT molecular complexity index is 1110. The normalized spacial score (nSPS) is 49.2. The minimum atomic E-state index is -1.40. The number of carbonyl (C=O) groups excluding carboxylic acids is 2. The van der Waals surface area contributed by atoms with Crippen molar-refractivity contribution in [3.8, 4) is 0 Å². The molecule has 9 unspecified atom stereocenters. The van der Waals surface area contributed by atoms with Gasteiger partial charge in [-0.05, 0) is 99.5 Å². The Labute approximate surface area is 213 Å². The molecule has 36 heavy (non-hydrogen) atoms. The van der Waals surface area contributed by atoms with Crippen molar-refractivity contribution < 1.29 is 29.3 Å². The van der Waals surface area contributed by atoms with E-state index < -0.39 is 23.3 Å². The molecule has 196 valence electrons. The van der Waals surface area contributed by atoms with Crippen molar-refractivity contribution in [3.63, 3.8) is 0 Å². The van der Waals surface area contributed by atoms with Crippen molar-refractivity contribution in [2.45, 2.75) is 103 Å². The number of esters is 2. The highest BCUT2D eigenvalue weighted by Gasteiger charge is 2.65. The van der Waals surface area contributed by atoms with E-state index >= 15 is 0 Å². The molecule has 0 radical (unpaired) electrons. The van der Waals surface area contributed by atoms with Crippen LogP contribution in [0.2, 0.25) is 0 Å². The van der Waals surface area contributed by atoms with E-state index in [0.717, 1.165) is 49.7 Å².